The van der Waals surface area contributed by atoms with Gasteiger partial charge in [0.25, 0.3) is 0 Å². The minimum absolute atomic E-state index is 0.00153. The summed E-state index contributed by atoms with van der Waals surface area (Å²) in [5, 5.41) is 17.4. The minimum atomic E-state index is -0.00153. The Balaban J connectivity index is 1.89. The zero-order valence-electron chi connectivity index (χ0n) is 14.1. The first-order valence-electron chi connectivity index (χ1n) is 8.30. The van der Waals surface area contributed by atoms with E-state index in [0.29, 0.717) is 38.4 Å². The molecule has 0 radical (unpaired) electrons. The quantitative estimate of drug-likeness (QED) is 0.763. The molecule has 126 valence electrons. The monoisotopic (exact) mass is 325 g/mol. The van der Waals surface area contributed by atoms with E-state index in [-0.39, 0.29) is 5.91 Å². The van der Waals surface area contributed by atoms with Gasteiger partial charge >= 0.3 is 0 Å². The molecule has 1 fully saturated rings. The second kappa shape index (κ2) is 9.00. The van der Waals surface area contributed by atoms with Crippen molar-refractivity contribution in [3.63, 3.8) is 0 Å². The molecule has 0 aromatic carbocycles. The Morgan fingerprint density at radius 3 is 2.71 bits per heavy atom. The van der Waals surface area contributed by atoms with Gasteiger partial charge in [0.15, 0.2) is 0 Å². The Kier molecular flexibility index (Phi) is 6.72. The van der Waals surface area contributed by atoms with Crippen LogP contribution in [0.3, 0.4) is 0 Å². The predicted molar refractivity (Wildman–Crippen MR) is 89.8 cm³/mol. The van der Waals surface area contributed by atoms with Crippen LogP contribution in [0.1, 0.15) is 36.4 Å². The van der Waals surface area contributed by atoms with Crippen molar-refractivity contribution in [1.29, 1.82) is 10.5 Å². The minimum Gasteiger partial charge on any atom is -0.340 e. The maximum atomic E-state index is 12.5. The van der Waals surface area contributed by atoms with Gasteiger partial charge in [-0.15, -0.1) is 0 Å². The Morgan fingerprint density at radius 1 is 1.38 bits per heavy atom. The summed E-state index contributed by atoms with van der Waals surface area (Å²) < 4.78 is 0. The Bertz CT molecular complexity index is 628. The first-order chi connectivity index (χ1) is 11.6. The first-order valence-corrected chi connectivity index (χ1v) is 8.30. The number of hydrogen-bond acceptors (Lipinski definition) is 5. The third-order valence-corrected chi connectivity index (χ3v) is 4.33. The molecule has 0 bridgehead atoms. The summed E-state index contributed by atoms with van der Waals surface area (Å²) in [6.45, 7) is 4.90. The third-order valence-electron chi connectivity index (χ3n) is 4.33. The van der Waals surface area contributed by atoms with Crippen LogP contribution in [-0.4, -0.2) is 53.4 Å². The molecule has 2 rings (SSSR count). The summed E-state index contributed by atoms with van der Waals surface area (Å²) in [7, 11) is 0. The van der Waals surface area contributed by atoms with Gasteiger partial charge in [0.1, 0.15) is 0 Å². The number of pyridine rings is 1. The van der Waals surface area contributed by atoms with E-state index < -0.39 is 0 Å². The smallest absolute Gasteiger partial charge is 0.236 e. The molecule has 0 aliphatic carbocycles. The zero-order valence-corrected chi connectivity index (χ0v) is 14.1. The summed E-state index contributed by atoms with van der Waals surface area (Å²) >= 11 is 0. The number of aromatic nitrogens is 1. The molecular weight excluding hydrogens is 302 g/mol. The summed E-state index contributed by atoms with van der Waals surface area (Å²) in [5.41, 5.74) is 2.30. The second-order valence-electron chi connectivity index (χ2n) is 6.18. The number of nitrogens with zero attached hydrogens (tertiary/aromatic N) is 5. The van der Waals surface area contributed by atoms with E-state index in [1.165, 1.54) is 5.56 Å². The highest BCUT2D eigenvalue weighted by molar-refractivity contribution is 5.78. The van der Waals surface area contributed by atoms with E-state index in [1.54, 1.807) is 4.90 Å². The lowest BCUT2D eigenvalue weighted by molar-refractivity contribution is -0.132. The van der Waals surface area contributed by atoms with Gasteiger partial charge in [0, 0.05) is 37.4 Å². The molecule has 0 saturated carbocycles. The lowest BCUT2D eigenvalue weighted by Gasteiger charge is -2.24. The molecule has 0 spiro atoms. The summed E-state index contributed by atoms with van der Waals surface area (Å²) in [6.07, 6.45) is 3.43. The number of rotatable bonds is 7. The van der Waals surface area contributed by atoms with Gasteiger partial charge in [0.05, 0.1) is 31.5 Å². The second-order valence-corrected chi connectivity index (χ2v) is 6.18. The number of aryl methyl sites for hydroxylation is 1. The molecular formula is C18H23N5O. The van der Waals surface area contributed by atoms with E-state index in [0.717, 1.165) is 25.2 Å². The Labute approximate surface area is 143 Å². The highest BCUT2D eigenvalue weighted by Crippen LogP contribution is 2.26. The van der Waals surface area contributed by atoms with Crippen LogP contribution in [-0.2, 0) is 4.79 Å². The Morgan fingerprint density at radius 2 is 2.08 bits per heavy atom. The van der Waals surface area contributed by atoms with E-state index in [9.17, 15) is 4.79 Å². The van der Waals surface area contributed by atoms with Gasteiger partial charge < -0.3 is 4.90 Å². The molecule has 1 aromatic rings. The highest BCUT2D eigenvalue weighted by atomic mass is 16.2. The van der Waals surface area contributed by atoms with Gasteiger partial charge in [-0.3, -0.25) is 14.7 Å². The van der Waals surface area contributed by atoms with Crippen molar-refractivity contribution >= 4 is 5.91 Å². The average molecular weight is 325 g/mol. The lowest BCUT2D eigenvalue weighted by Crippen LogP contribution is -2.40. The molecule has 6 nitrogen and oxygen atoms in total. The van der Waals surface area contributed by atoms with Gasteiger partial charge in [-0.05, 0) is 37.6 Å². The molecule has 1 aliphatic heterocycles. The van der Waals surface area contributed by atoms with Gasteiger partial charge in [-0.25, -0.2) is 0 Å². The first kappa shape index (κ1) is 17.9. The van der Waals surface area contributed by atoms with E-state index >= 15 is 0 Å². The standard InChI is InChI=1S/C18H23N5O/c1-15-4-8-21-17(12-15)16-5-11-22(13-16)14-18(24)23(9-2-6-19)10-3-7-20/h4,8,12,16H,2-3,5,9-11,13-14H2,1H3/t16-/m1/s1. The molecule has 24 heavy (non-hydrogen) atoms. The highest BCUT2D eigenvalue weighted by Gasteiger charge is 2.27. The van der Waals surface area contributed by atoms with Crippen molar-refractivity contribution in [3.05, 3.63) is 29.6 Å². The van der Waals surface area contributed by atoms with Crippen molar-refractivity contribution in [1.82, 2.24) is 14.8 Å². The summed E-state index contributed by atoms with van der Waals surface area (Å²) in [5.74, 6) is 0.364. The van der Waals surface area contributed by atoms with Gasteiger partial charge in [0.2, 0.25) is 5.91 Å². The van der Waals surface area contributed by atoms with Crippen LogP contribution in [0.15, 0.2) is 18.3 Å². The molecule has 1 atom stereocenters. The number of nitriles is 2. The molecule has 1 aliphatic rings. The number of carbonyl (C=O) groups is 1. The van der Waals surface area contributed by atoms with E-state index in [2.05, 4.69) is 35.0 Å². The molecule has 1 saturated heterocycles. The molecule has 2 heterocycles. The number of carbonyl (C=O) groups excluding carboxylic acids is 1. The van der Waals surface area contributed by atoms with Crippen LogP contribution < -0.4 is 0 Å². The van der Waals surface area contributed by atoms with Crippen molar-refractivity contribution in [2.45, 2.75) is 32.1 Å². The van der Waals surface area contributed by atoms with Crippen LogP contribution in [0, 0.1) is 29.6 Å². The Hall–Kier alpha value is -2.44. The lowest BCUT2D eigenvalue weighted by atomic mass is 10.0. The normalized spacial score (nSPS) is 17.2. The summed E-state index contributed by atoms with van der Waals surface area (Å²) in [6, 6.07) is 8.22. The molecule has 6 heteroatoms. The van der Waals surface area contributed by atoms with Crippen molar-refractivity contribution in [2.75, 3.05) is 32.7 Å². The van der Waals surface area contributed by atoms with Gasteiger partial charge in [-0.2, -0.15) is 10.5 Å². The largest absolute Gasteiger partial charge is 0.340 e. The van der Waals surface area contributed by atoms with Crippen LogP contribution in [0.4, 0.5) is 0 Å². The van der Waals surface area contributed by atoms with Crippen LogP contribution in [0.25, 0.3) is 0 Å². The fourth-order valence-electron chi connectivity index (χ4n) is 3.02. The summed E-state index contributed by atoms with van der Waals surface area (Å²) in [4.78, 5) is 20.7. The average Bonchev–Trinajstić information content (AvgIpc) is 3.03. The van der Waals surface area contributed by atoms with E-state index in [1.807, 2.05) is 12.3 Å². The third kappa shape index (κ3) is 5.04. The fraction of sp³-hybridized carbons (Fsp3) is 0.556. The maximum absolute atomic E-state index is 12.5. The van der Waals surface area contributed by atoms with Crippen LogP contribution >= 0.6 is 0 Å². The zero-order chi connectivity index (χ0) is 17.4. The molecule has 0 unspecified atom stereocenters. The number of amides is 1. The fourth-order valence-corrected chi connectivity index (χ4v) is 3.02. The maximum Gasteiger partial charge on any atom is 0.236 e. The molecule has 1 amide bonds. The van der Waals surface area contributed by atoms with Crippen LogP contribution in [0.2, 0.25) is 0 Å². The number of hydrogen-bond donors (Lipinski definition) is 0. The van der Waals surface area contributed by atoms with Crippen molar-refractivity contribution in [2.24, 2.45) is 0 Å². The SMILES string of the molecule is Cc1ccnc([C@@H]2CCN(CC(=O)N(CCC#N)CCC#N)C2)c1. The predicted octanol–water partition coefficient (Wildman–Crippen LogP) is 1.84. The molecule has 1 aromatic heterocycles. The molecule has 0 N–H and O–H groups in total. The number of likely N-dealkylation sites (tertiary alicyclic amines) is 1. The topological polar surface area (TPSA) is 84.0 Å². The van der Waals surface area contributed by atoms with Crippen LogP contribution in [0.5, 0.6) is 0 Å². The van der Waals surface area contributed by atoms with Gasteiger partial charge in [-0.1, -0.05) is 0 Å². The van der Waals surface area contributed by atoms with E-state index in [4.69, 9.17) is 10.5 Å². The van der Waals surface area contributed by atoms with Crippen molar-refractivity contribution in [3.8, 4) is 12.1 Å². The van der Waals surface area contributed by atoms with Crippen molar-refractivity contribution < 1.29 is 4.79 Å².